The van der Waals surface area contributed by atoms with Gasteiger partial charge < -0.3 is 15.5 Å². The fourth-order valence-corrected chi connectivity index (χ4v) is 2.28. The molecule has 0 fully saturated rings. The zero-order valence-electron chi connectivity index (χ0n) is 9.51. The van der Waals surface area contributed by atoms with Gasteiger partial charge in [0.05, 0.1) is 11.6 Å². The Hall–Kier alpha value is -1.82. The molecule has 1 aromatic carbocycles. The summed E-state index contributed by atoms with van der Waals surface area (Å²) in [4.78, 5) is 0. The van der Waals surface area contributed by atoms with E-state index < -0.39 is 0 Å². The van der Waals surface area contributed by atoms with Crippen molar-refractivity contribution in [1.82, 2.24) is 10.2 Å². The normalized spacial score (nSPS) is 12.4. The number of aromatic hydroxyl groups is 2. The van der Waals surface area contributed by atoms with Gasteiger partial charge in [0, 0.05) is 0 Å². The maximum absolute atomic E-state index is 9.71. The molecule has 0 amide bonds. The SMILES string of the molecule is Cc1nnc(NC(C)c2c(O)cccc2O)s1. The molecule has 17 heavy (non-hydrogen) atoms. The predicted molar refractivity (Wildman–Crippen MR) is 66.5 cm³/mol. The fraction of sp³-hybridized carbons (Fsp3) is 0.273. The molecule has 1 atom stereocenters. The van der Waals surface area contributed by atoms with Gasteiger partial charge in [-0.2, -0.15) is 0 Å². The minimum Gasteiger partial charge on any atom is -0.507 e. The highest BCUT2D eigenvalue weighted by Gasteiger charge is 2.16. The number of phenols is 2. The number of rotatable bonds is 3. The fourth-order valence-electron chi connectivity index (χ4n) is 1.60. The van der Waals surface area contributed by atoms with E-state index in [1.165, 1.54) is 11.3 Å². The summed E-state index contributed by atoms with van der Waals surface area (Å²) in [5.74, 6) is 0.123. The second-order valence-corrected chi connectivity index (χ2v) is 4.88. The van der Waals surface area contributed by atoms with Gasteiger partial charge in [0.1, 0.15) is 16.5 Å². The number of aromatic nitrogens is 2. The first kappa shape index (κ1) is 11.7. The van der Waals surface area contributed by atoms with Gasteiger partial charge in [0.15, 0.2) is 0 Å². The van der Waals surface area contributed by atoms with Crippen molar-refractivity contribution in [3.05, 3.63) is 28.8 Å². The molecule has 0 radical (unpaired) electrons. The molecule has 0 saturated carbocycles. The summed E-state index contributed by atoms with van der Waals surface area (Å²) < 4.78 is 0. The Balaban J connectivity index is 2.22. The third kappa shape index (κ3) is 2.47. The molecule has 90 valence electrons. The highest BCUT2D eigenvalue weighted by atomic mass is 32.1. The van der Waals surface area contributed by atoms with Gasteiger partial charge >= 0.3 is 0 Å². The lowest BCUT2D eigenvalue weighted by Gasteiger charge is -2.15. The first-order valence-corrected chi connectivity index (χ1v) is 5.97. The Morgan fingerprint density at radius 2 is 1.88 bits per heavy atom. The minimum atomic E-state index is -0.247. The van der Waals surface area contributed by atoms with Gasteiger partial charge in [-0.15, -0.1) is 10.2 Å². The van der Waals surface area contributed by atoms with E-state index >= 15 is 0 Å². The van der Waals surface area contributed by atoms with Crippen molar-refractivity contribution < 1.29 is 10.2 Å². The average molecular weight is 251 g/mol. The molecule has 5 nitrogen and oxygen atoms in total. The van der Waals surface area contributed by atoms with Crippen molar-refractivity contribution in [3.8, 4) is 11.5 Å². The Bertz CT molecular complexity index is 507. The second-order valence-electron chi connectivity index (χ2n) is 3.70. The molecule has 6 heteroatoms. The number of benzene rings is 1. The molecule has 0 aliphatic heterocycles. The van der Waals surface area contributed by atoms with Crippen LogP contribution in [0, 0.1) is 6.92 Å². The first-order chi connectivity index (χ1) is 8.08. The maximum Gasteiger partial charge on any atom is 0.206 e. The van der Waals surface area contributed by atoms with Crippen LogP contribution in [0.15, 0.2) is 18.2 Å². The number of hydrogen-bond acceptors (Lipinski definition) is 6. The maximum atomic E-state index is 9.71. The number of aryl methyl sites for hydroxylation is 1. The topological polar surface area (TPSA) is 78.3 Å². The Kier molecular flexibility index (Phi) is 3.14. The van der Waals surface area contributed by atoms with E-state index in [0.717, 1.165) is 5.01 Å². The summed E-state index contributed by atoms with van der Waals surface area (Å²) in [5.41, 5.74) is 0.459. The van der Waals surface area contributed by atoms with Gasteiger partial charge in [-0.05, 0) is 26.0 Å². The van der Waals surface area contributed by atoms with Crippen LogP contribution in [0.4, 0.5) is 5.13 Å². The summed E-state index contributed by atoms with van der Waals surface area (Å²) in [6.07, 6.45) is 0. The van der Waals surface area contributed by atoms with E-state index in [1.807, 2.05) is 13.8 Å². The molecule has 0 saturated heterocycles. The number of hydrogen-bond donors (Lipinski definition) is 3. The van der Waals surface area contributed by atoms with Gasteiger partial charge in [0.2, 0.25) is 5.13 Å². The quantitative estimate of drug-likeness (QED) is 0.781. The van der Waals surface area contributed by atoms with Gasteiger partial charge in [0.25, 0.3) is 0 Å². The third-order valence-corrected chi connectivity index (χ3v) is 3.13. The molecule has 1 unspecified atom stereocenters. The Morgan fingerprint density at radius 1 is 1.24 bits per heavy atom. The van der Waals surface area contributed by atoms with Crippen LogP contribution in [0.5, 0.6) is 11.5 Å². The summed E-state index contributed by atoms with van der Waals surface area (Å²) >= 11 is 1.43. The number of nitrogens with one attached hydrogen (secondary N) is 1. The molecule has 2 rings (SSSR count). The zero-order valence-corrected chi connectivity index (χ0v) is 10.3. The Morgan fingerprint density at radius 3 is 2.41 bits per heavy atom. The van der Waals surface area contributed by atoms with E-state index in [-0.39, 0.29) is 17.5 Å². The van der Waals surface area contributed by atoms with E-state index in [0.29, 0.717) is 10.7 Å². The highest BCUT2D eigenvalue weighted by molar-refractivity contribution is 7.15. The van der Waals surface area contributed by atoms with Crippen molar-refractivity contribution in [3.63, 3.8) is 0 Å². The summed E-state index contributed by atoms with van der Waals surface area (Å²) in [5, 5.41) is 31.9. The van der Waals surface area contributed by atoms with E-state index in [9.17, 15) is 10.2 Å². The van der Waals surface area contributed by atoms with Crippen LogP contribution in [0.2, 0.25) is 0 Å². The molecule has 3 N–H and O–H groups in total. The minimum absolute atomic E-state index is 0.0613. The van der Waals surface area contributed by atoms with Crippen molar-refractivity contribution in [2.45, 2.75) is 19.9 Å². The lowest BCUT2D eigenvalue weighted by Crippen LogP contribution is -2.06. The van der Waals surface area contributed by atoms with Crippen molar-refractivity contribution in [2.24, 2.45) is 0 Å². The molecular formula is C11H13N3O2S. The Labute approximate surface area is 103 Å². The number of phenolic OH excluding ortho intramolecular Hbond substituents is 2. The van der Waals surface area contributed by atoms with E-state index in [4.69, 9.17) is 0 Å². The lowest BCUT2D eigenvalue weighted by atomic mass is 10.1. The van der Waals surface area contributed by atoms with Crippen LogP contribution in [0.3, 0.4) is 0 Å². The number of nitrogens with zero attached hydrogens (tertiary/aromatic N) is 2. The van der Waals surface area contributed by atoms with Crippen LogP contribution >= 0.6 is 11.3 Å². The van der Waals surface area contributed by atoms with Gasteiger partial charge in [-0.1, -0.05) is 17.4 Å². The molecule has 0 bridgehead atoms. The van der Waals surface area contributed by atoms with Crippen LogP contribution in [-0.4, -0.2) is 20.4 Å². The summed E-state index contributed by atoms with van der Waals surface area (Å²) in [6.45, 7) is 3.70. The average Bonchev–Trinajstić information content (AvgIpc) is 2.63. The van der Waals surface area contributed by atoms with Crippen molar-refractivity contribution >= 4 is 16.5 Å². The molecule has 0 spiro atoms. The highest BCUT2D eigenvalue weighted by Crippen LogP contribution is 2.34. The van der Waals surface area contributed by atoms with Crippen molar-refractivity contribution in [2.75, 3.05) is 5.32 Å². The third-order valence-electron chi connectivity index (χ3n) is 2.36. The van der Waals surface area contributed by atoms with Crippen LogP contribution in [0.25, 0.3) is 0 Å². The van der Waals surface area contributed by atoms with E-state index in [2.05, 4.69) is 15.5 Å². The smallest absolute Gasteiger partial charge is 0.206 e. The monoisotopic (exact) mass is 251 g/mol. The summed E-state index contributed by atoms with van der Waals surface area (Å²) in [7, 11) is 0. The van der Waals surface area contributed by atoms with Gasteiger partial charge in [-0.25, -0.2) is 0 Å². The standard InChI is InChI=1S/C11H13N3O2S/c1-6(12-11-14-13-7(2)17-11)10-8(15)4-3-5-9(10)16/h3-6,15-16H,1-2H3,(H,12,14). The van der Waals surface area contributed by atoms with Gasteiger partial charge in [-0.3, -0.25) is 0 Å². The molecule has 1 heterocycles. The van der Waals surface area contributed by atoms with Crippen LogP contribution in [0.1, 0.15) is 23.5 Å². The molecule has 0 aliphatic rings. The molecule has 0 aliphatic carbocycles. The van der Waals surface area contributed by atoms with Crippen molar-refractivity contribution in [1.29, 1.82) is 0 Å². The summed E-state index contributed by atoms with van der Waals surface area (Å²) in [6, 6.07) is 4.43. The van der Waals surface area contributed by atoms with E-state index in [1.54, 1.807) is 18.2 Å². The molecule has 1 aromatic heterocycles. The molecule has 2 aromatic rings. The largest absolute Gasteiger partial charge is 0.507 e. The second kappa shape index (κ2) is 4.58. The molecular weight excluding hydrogens is 238 g/mol. The lowest BCUT2D eigenvalue weighted by molar-refractivity contribution is 0.434. The van der Waals surface area contributed by atoms with Crippen LogP contribution < -0.4 is 5.32 Å². The number of anilines is 1. The predicted octanol–water partition coefficient (Wildman–Crippen LogP) is 2.43. The zero-order chi connectivity index (χ0) is 12.4. The van der Waals surface area contributed by atoms with Crippen LogP contribution in [-0.2, 0) is 0 Å². The first-order valence-electron chi connectivity index (χ1n) is 5.15.